The largest absolute Gasteiger partial charge is 0.492 e. The van der Waals surface area contributed by atoms with E-state index in [4.69, 9.17) is 38.0 Å². The molecule has 0 bridgehead atoms. The van der Waals surface area contributed by atoms with Crippen LogP contribution in [0.3, 0.4) is 0 Å². The first-order chi connectivity index (χ1) is 18.4. The molecule has 0 unspecified atom stereocenters. The Kier molecular flexibility index (Phi) is 6.51. The number of benzene rings is 3. The van der Waals surface area contributed by atoms with Crippen LogP contribution in [-0.2, 0) is 11.3 Å². The van der Waals surface area contributed by atoms with Gasteiger partial charge in [-0.1, -0.05) is 27.5 Å². The third-order valence-electron chi connectivity index (χ3n) is 6.46. The molecule has 192 valence electrons. The van der Waals surface area contributed by atoms with Gasteiger partial charge in [0.05, 0.1) is 12.2 Å². The lowest BCUT2D eigenvalue weighted by Gasteiger charge is -2.16. The SMILES string of the molecule is CN1C(=S)N(c2ccc(Cl)cc2)C(=O)/C1=C/c1cn(CCOc2ccc3c(c2)OCO3)c2ccc(Br)cc12. The predicted octanol–water partition coefficient (Wildman–Crippen LogP) is 6.47. The maximum absolute atomic E-state index is 13.5. The fraction of sp³-hybridized carbons (Fsp3) is 0.143. The number of ether oxygens (including phenoxy) is 3. The Hall–Kier alpha value is -3.53. The van der Waals surface area contributed by atoms with Crippen molar-refractivity contribution < 1.29 is 19.0 Å². The van der Waals surface area contributed by atoms with Crippen LogP contribution < -0.4 is 19.1 Å². The van der Waals surface area contributed by atoms with E-state index >= 15 is 0 Å². The van der Waals surface area contributed by atoms with Gasteiger partial charge in [-0.2, -0.15) is 0 Å². The van der Waals surface area contributed by atoms with Gasteiger partial charge >= 0.3 is 0 Å². The quantitative estimate of drug-likeness (QED) is 0.184. The van der Waals surface area contributed by atoms with Gasteiger partial charge in [0.2, 0.25) is 6.79 Å². The first-order valence-corrected chi connectivity index (χ1v) is 13.4. The Balaban J connectivity index is 1.28. The number of amides is 1. The van der Waals surface area contributed by atoms with Crippen LogP contribution in [0.15, 0.2) is 77.0 Å². The van der Waals surface area contributed by atoms with Crippen molar-refractivity contribution in [3.05, 3.63) is 87.6 Å². The molecule has 4 aromatic rings. The van der Waals surface area contributed by atoms with Gasteiger partial charge in [-0.15, -0.1) is 0 Å². The van der Waals surface area contributed by atoms with Gasteiger partial charge in [0.1, 0.15) is 18.1 Å². The Bertz CT molecular complexity index is 1620. The fourth-order valence-corrected chi connectivity index (χ4v) is 5.32. The number of thiocarbonyl (C=S) groups is 1. The third-order valence-corrected chi connectivity index (χ3v) is 7.66. The van der Waals surface area contributed by atoms with Crippen LogP contribution in [0.4, 0.5) is 5.69 Å². The molecule has 0 N–H and O–H groups in total. The van der Waals surface area contributed by atoms with Crippen molar-refractivity contribution in [2.45, 2.75) is 6.54 Å². The Morgan fingerprint density at radius 1 is 1.08 bits per heavy atom. The third kappa shape index (κ3) is 4.51. The van der Waals surface area contributed by atoms with Crippen molar-refractivity contribution in [3.63, 3.8) is 0 Å². The average molecular weight is 611 g/mol. The van der Waals surface area contributed by atoms with E-state index in [1.165, 1.54) is 4.90 Å². The number of hydrogen-bond acceptors (Lipinski definition) is 5. The van der Waals surface area contributed by atoms with Gasteiger partial charge in [-0.3, -0.25) is 9.69 Å². The number of likely N-dealkylation sites (N-methyl/N-ethyl adjacent to an activating group) is 1. The normalized spacial score (nSPS) is 15.8. The number of hydrogen-bond donors (Lipinski definition) is 0. The number of fused-ring (bicyclic) bond motifs is 2. The minimum absolute atomic E-state index is 0.193. The number of nitrogens with zero attached hydrogens (tertiary/aromatic N) is 3. The summed E-state index contributed by atoms with van der Waals surface area (Å²) in [6, 6.07) is 18.7. The van der Waals surface area contributed by atoms with Crippen LogP contribution in [-0.4, -0.2) is 40.9 Å². The Morgan fingerprint density at radius 2 is 1.87 bits per heavy atom. The zero-order chi connectivity index (χ0) is 26.4. The number of carbonyl (C=O) groups excluding carboxylic acids is 1. The molecule has 1 amide bonds. The molecule has 1 saturated heterocycles. The van der Waals surface area contributed by atoms with Gasteiger partial charge in [0, 0.05) is 45.3 Å². The van der Waals surface area contributed by atoms with Gasteiger partial charge < -0.3 is 23.7 Å². The number of anilines is 1. The van der Waals surface area contributed by atoms with E-state index in [9.17, 15) is 4.79 Å². The second-order valence-corrected chi connectivity index (χ2v) is 10.5. The Morgan fingerprint density at radius 3 is 2.68 bits per heavy atom. The highest BCUT2D eigenvalue weighted by atomic mass is 79.9. The molecule has 7 nitrogen and oxygen atoms in total. The van der Waals surface area contributed by atoms with E-state index < -0.39 is 0 Å². The van der Waals surface area contributed by atoms with Gasteiger partial charge in [0.25, 0.3) is 5.91 Å². The molecule has 6 rings (SSSR count). The molecule has 2 aliphatic rings. The van der Waals surface area contributed by atoms with E-state index in [2.05, 4.69) is 20.5 Å². The van der Waals surface area contributed by atoms with E-state index in [0.717, 1.165) is 26.7 Å². The van der Waals surface area contributed by atoms with Crippen molar-refractivity contribution >= 4 is 73.4 Å². The van der Waals surface area contributed by atoms with E-state index in [-0.39, 0.29) is 12.7 Å². The molecule has 38 heavy (non-hydrogen) atoms. The van der Waals surface area contributed by atoms with Crippen molar-refractivity contribution in [1.82, 2.24) is 9.47 Å². The Labute approximate surface area is 237 Å². The zero-order valence-corrected chi connectivity index (χ0v) is 23.3. The van der Waals surface area contributed by atoms with Crippen molar-refractivity contribution in [1.29, 1.82) is 0 Å². The molecule has 2 aliphatic heterocycles. The molecule has 3 aromatic carbocycles. The van der Waals surface area contributed by atoms with Crippen LogP contribution in [0.2, 0.25) is 5.02 Å². The smallest absolute Gasteiger partial charge is 0.281 e. The molecule has 1 aromatic heterocycles. The number of carbonyl (C=O) groups is 1. The van der Waals surface area contributed by atoms with E-state index in [1.54, 1.807) is 36.2 Å². The molecule has 0 radical (unpaired) electrons. The summed E-state index contributed by atoms with van der Waals surface area (Å²) in [5.41, 5.74) is 3.09. The summed E-state index contributed by atoms with van der Waals surface area (Å²) < 4.78 is 19.9. The molecule has 1 fully saturated rings. The van der Waals surface area contributed by atoms with E-state index in [1.807, 2.05) is 48.7 Å². The highest BCUT2D eigenvalue weighted by Crippen LogP contribution is 2.35. The molecular weight excluding hydrogens is 590 g/mol. The second kappa shape index (κ2) is 9.98. The minimum atomic E-state index is -0.193. The van der Waals surface area contributed by atoms with Crippen molar-refractivity contribution in [3.8, 4) is 17.2 Å². The van der Waals surface area contributed by atoms with E-state index in [0.29, 0.717) is 46.2 Å². The molecule has 0 saturated carbocycles. The molecule has 0 atom stereocenters. The summed E-state index contributed by atoms with van der Waals surface area (Å²) in [7, 11) is 1.80. The molecule has 3 heterocycles. The van der Waals surface area contributed by atoms with Crippen molar-refractivity contribution in [2.24, 2.45) is 0 Å². The summed E-state index contributed by atoms with van der Waals surface area (Å²) in [4.78, 5) is 16.7. The zero-order valence-electron chi connectivity index (χ0n) is 20.2. The maximum Gasteiger partial charge on any atom is 0.281 e. The van der Waals surface area contributed by atoms with Crippen LogP contribution in [0.1, 0.15) is 5.56 Å². The first kappa shape index (κ1) is 24.8. The molecule has 0 spiro atoms. The van der Waals surface area contributed by atoms with Crippen LogP contribution in [0.25, 0.3) is 17.0 Å². The second-order valence-electron chi connectivity index (χ2n) is 8.79. The topological polar surface area (TPSA) is 56.2 Å². The van der Waals surface area contributed by atoms with Gasteiger partial charge in [0.15, 0.2) is 16.6 Å². The lowest BCUT2D eigenvalue weighted by atomic mass is 10.1. The summed E-state index contributed by atoms with van der Waals surface area (Å²) in [6.07, 6.45) is 3.91. The summed E-state index contributed by atoms with van der Waals surface area (Å²) in [5, 5.41) is 2.01. The number of aromatic nitrogens is 1. The fourth-order valence-electron chi connectivity index (χ4n) is 4.55. The summed E-state index contributed by atoms with van der Waals surface area (Å²) in [6.45, 7) is 1.28. The predicted molar refractivity (Wildman–Crippen MR) is 155 cm³/mol. The van der Waals surface area contributed by atoms with Gasteiger partial charge in [-0.05, 0) is 72.9 Å². The van der Waals surface area contributed by atoms with Crippen molar-refractivity contribution in [2.75, 3.05) is 25.3 Å². The van der Waals surface area contributed by atoms with Crippen LogP contribution in [0, 0.1) is 0 Å². The van der Waals surface area contributed by atoms with Gasteiger partial charge in [-0.25, -0.2) is 0 Å². The molecular formula is C28H21BrClN3O4S. The lowest BCUT2D eigenvalue weighted by Crippen LogP contribution is -2.31. The summed E-state index contributed by atoms with van der Waals surface area (Å²) in [5.74, 6) is 1.92. The first-order valence-electron chi connectivity index (χ1n) is 11.8. The maximum atomic E-state index is 13.5. The number of halogens is 2. The molecule has 10 heteroatoms. The minimum Gasteiger partial charge on any atom is -0.492 e. The standard InChI is InChI=1S/C28H21BrClN3O4S/c1-31-24(27(34)33(28(31)38)20-5-3-19(30)4-6-20)12-17-15-32(23-8-2-18(29)13-22(17)23)10-11-35-21-7-9-25-26(14-21)37-16-36-25/h2-9,12-15H,10-11,16H2,1H3/b24-12-. The highest BCUT2D eigenvalue weighted by Gasteiger charge is 2.37. The average Bonchev–Trinajstić information content (AvgIpc) is 3.57. The summed E-state index contributed by atoms with van der Waals surface area (Å²) >= 11 is 15.2. The highest BCUT2D eigenvalue weighted by molar-refractivity contribution is 9.10. The van der Waals surface area contributed by atoms with Crippen LogP contribution in [0.5, 0.6) is 17.2 Å². The molecule has 0 aliphatic carbocycles. The lowest BCUT2D eigenvalue weighted by molar-refractivity contribution is -0.114. The number of rotatable bonds is 6. The monoisotopic (exact) mass is 609 g/mol. The van der Waals surface area contributed by atoms with Crippen LogP contribution >= 0.6 is 39.7 Å².